The number of nitrogens with zero attached hydrogens (tertiary/aromatic N) is 1. The second-order valence-corrected chi connectivity index (χ2v) is 5.62. The van der Waals surface area contributed by atoms with Crippen LogP contribution in [0.5, 0.6) is 0 Å². The summed E-state index contributed by atoms with van der Waals surface area (Å²) in [4.78, 5) is 4.54. The zero-order valence-corrected chi connectivity index (χ0v) is 11.7. The van der Waals surface area contributed by atoms with Gasteiger partial charge in [-0.05, 0) is 19.4 Å². The van der Waals surface area contributed by atoms with Gasteiger partial charge in [0.15, 0.2) is 4.33 Å². The molecule has 1 aromatic carbocycles. The van der Waals surface area contributed by atoms with Crippen molar-refractivity contribution in [3.8, 4) is 0 Å². The summed E-state index contributed by atoms with van der Waals surface area (Å²) in [5.74, 6) is 0. The Morgan fingerprint density at radius 2 is 1.94 bits per heavy atom. The van der Waals surface area contributed by atoms with Gasteiger partial charge in [0.25, 0.3) is 0 Å². The van der Waals surface area contributed by atoms with Crippen molar-refractivity contribution in [1.82, 2.24) is 0 Å². The van der Waals surface area contributed by atoms with Gasteiger partial charge in [-0.3, -0.25) is 4.99 Å². The second-order valence-electron chi connectivity index (χ2n) is 4.13. The monoisotopic (exact) mass is 269 g/mol. The van der Waals surface area contributed by atoms with Gasteiger partial charge in [-0.15, -0.1) is 6.58 Å². The fourth-order valence-corrected chi connectivity index (χ4v) is 2.05. The lowest BCUT2D eigenvalue weighted by molar-refractivity contribution is 0.823. The molecule has 0 bridgehead atoms. The van der Waals surface area contributed by atoms with Gasteiger partial charge in [0.2, 0.25) is 0 Å². The molecule has 0 aliphatic rings. The summed E-state index contributed by atoms with van der Waals surface area (Å²) in [5.41, 5.74) is 1.66. The molecule has 92 valence electrons. The summed E-state index contributed by atoms with van der Waals surface area (Å²) < 4.78 is -1.02. The van der Waals surface area contributed by atoms with E-state index in [0.717, 1.165) is 5.56 Å². The first-order chi connectivity index (χ1) is 7.97. The zero-order chi connectivity index (χ0) is 12.9. The van der Waals surface area contributed by atoms with Crippen LogP contribution in [0.15, 0.2) is 48.0 Å². The van der Waals surface area contributed by atoms with E-state index in [-0.39, 0.29) is 6.04 Å². The summed E-state index contributed by atoms with van der Waals surface area (Å²) in [5, 5.41) is 0. The molecule has 0 unspecified atom stereocenters. The van der Waals surface area contributed by atoms with Gasteiger partial charge < -0.3 is 0 Å². The van der Waals surface area contributed by atoms with E-state index in [1.807, 2.05) is 44.2 Å². The molecule has 1 aromatic rings. The first-order valence-corrected chi connectivity index (χ1v) is 6.35. The van der Waals surface area contributed by atoms with E-state index >= 15 is 0 Å². The van der Waals surface area contributed by atoms with E-state index in [4.69, 9.17) is 23.2 Å². The first-order valence-electron chi connectivity index (χ1n) is 5.60. The Morgan fingerprint density at radius 1 is 1.35 bits per heavy atom. The van der Waals surface area contributed by atoms with Crippen molar-refractivity contribution in [2.75, 3.05) is 0 Å². The van der Waals surface area contributed by atoms with E-state index in [2.05, 4.69) is 11.6 Å². The molecule has 17 heavy (non-hydrogen) atoms. The van der Waals surface area contributed by atoms with E-state index < -0.39 is 4.33 Å². The molecule has 0 fully saturated rings. The molecule has 0 heterocycles. The maximum absolute atomic E-state index is 6.34. The minimum absolute atomic E-state index is 0.145. The molecule has 0 radical (unpaired) electrons. The summed E-state index contributed by atoms with van der Waals surface area (Å²) in [6, 6.07) is 9.92. The van der Waals surface area contributed by atoms with Crippen molar-refractivity contribution in [2.45, 2.75) is 30.6 Å². The average Bonchev–Trinajstić information content (AvgIpc) is 2.26. The van der Waals surface area contributed by atoms with E-state index in [0.29, 0.717) is 12.1 Å². The second kappa shape index (κ2) is 6.23. The Kier molecular flexibility index (Phi) is 5.23. The summed E-state index contributed by atoms with van der Waals surface area (Å²) in [6.45, 7) is 7.68. The molecule has 0 saturated carbocycles. The number of alkyl halides is 2. The highest BCUT2D eigenvalue weighted by atomic mass is 35.5. The Labute approximate surface area is 113 Å². The third-order valence-corrected chi connectivity index (χ3v) is 2.85. The minimum Gasteiger partial charge on any atom is -0.283 e. The third-order valence-electron chi connectivity index (χ3n) is 2.18. The topological polar surface area (TPSA) is 12.4 Å². The van der Waals surface area contributed by atoms with Crippen molar-refractivity contribution in [2.24, 2.45) is 4.99 Å². The van der Waals surface area contributed by atoms with Crippen LogP contribution in [-0.2, 0) is 0 Å². The quantitative estimate of drug-likeness (QED) is 0.420. The van der Waals surface area contributed by atoms with Crippen LogP contribution in [0, 0.1) is 0 Å². The molecular formula is C14H17Cl2N. The highest BCUT2D eigenvalue weighted by molar-refractivity contribution is 6.60. The molecule has 0 N–H and O–H groups in total. The molecule has 1 rings (SSSR count). The normalized spacial score (nSPS) is 12.9. The summed E-state index contributed by atoms with van der Waals surface area (Å²) in [7, 11) is 0. The number of allylic oxidation sites excluding steroid dienone is 1. The van der Waals surface area contributed by atoms with Crippen LogP contribution < -0.4 is 0 Å². The lowest BCUT2D eigenvalue weighted by Crippen LogP contribution is -2.27. The van der Waals surface area contributed by atoms with Crippen LogP contribution in [0.4, 0.5) is 0 Å². The van der Waals surface area contributed by atoms with Crippen LogP contribution in [0.2, 0.25) is 0 Å². The van der Waals surface area contributed by atoms with Crippen LogP contribution in [0.25, 0.3) is 0 Å². The van der Waals surface area contributed by atoms with Gasteiger partial charge >= 0.3 is 0 Å². The van der Waals surface area contributed by atoms with Crippen molar-refractivity contribution >= 4 is 28.9 Å². The van der Waals surface area contributed by atoms with Crippen molar-refractivity contribution in [1.29, 1.82) is 0 Å². The standard InChI is InChI=1S/C14H17Cl2N/c1-4-10-14(15,16)13(17-11(2)3)12-8-6-5-7-9-12/h4-9,11H,1,10H2,2-3H3. The molecule has 0 aliphatic carbocycles. The molecule has 0 aromatic heterocycles. The molecule has 3 heteroatoms. The lowest BCUT2D eigenvalue weighted by atomic mass is 10.0. The van der Waals surface area contributed by atoms with Crippen molar-refractivity contribution in [3.63, 3.8) is 0 Å². The Balaban J connectivity index is 3.18. The summed E-state index contributed by atoms with van der Waals surface area (Å²) in [6.07, 6.45) is 2.18. The lowest BCUT2D eigenvalue weighted by Gasteiger charge is -2.22. The molecule has 0 spiro atoms. The van der Waals surface area contributed by atoms with Gasteiger partial charge in [-0.1, -0.05) is 59.6 Å². The van der Waals surface area contributed by atoms with Crippen molar-refractivity contribution in [3.05, 3.63) is 48.6 Å². The molecular weight excluding hydrogens is 253 g/mol. The SMILES string of the molecule is C=CCC(Cl)(Cl)C(=NC(C)C)c1ccccc1. The Morgan fingerprint density at radius 3 is 2.41 bits per heavy atom. The molecule has 0 atom stereocenters. The van der Waals surface area contributed by atoms with Gasteiger partial charge in [0.05, 0.1) is 5.71 Å². The van der Waals surface area contributed by atoms with Gasteiger partial charge in [0, 0.05) is 12.5 Å². The Hall–Kier alpha value is -0.790. The van der Waals surface area contributed by atoms with E-state index in [1.165, 1.54) is 0 Å². The van der Waals surface area contributed by atoms with Gasteiger partial charge in [-0.25, -0.2) is 0 Å². The average molecular weight is 270 g/mol. The highest BCUT2D eigenvalue weighted by Gasteiger charge is 2.30. The van der Waals surface area contributed by atoms with Crippen LogP contribution in [0.3, 0.4) is 0 Å². The maximum Gasteiger partial charge on any atom is 0.163 e. The smallest absolute Gasteiger partial charge is 0.163 e. The number of hydrogen-bond donors (Lipinski definition) is 0. The molecule has 0 amide bonds. The number of halogens is 2. The first kappa shape index (κ1) is 14.3. The molecule has 0 aliphatic heterocycles. The minimum atomic E-state index is -1.02. The zero-order valence-electron chi connectivity index (χ0n) is 10.2. The predicted molar refractivity (Wildman–Crippen MR) is 77.4 cm³/mol. The van der Waals surface area contributed by atoms with Gasteiger partial charge in [0.1, 0.15) is 0 Å². The molecule has 1 nitrogen and oxygen atoms in total. The van der Waals surface area contributed by atoms with Gasteiger partial charge in [-0.2, -0.15) is 0 Å². The van der Waals surface area contributed by atoms with Crippen molar-refractivity contribution < 1.29 is 0 Å². The maximum atomic E-state index is 6.34. The fraction of sp³-hybridized carbons (Fsp3) is 0.357. The number of benzene rings is 1. The van der Waals surface area contributed by atoms with E-state index in [9.17, 15) is 0 Å². The number of aliphatic imine (C=N–C) groups is 1. The van der Waals surface area contributed by atoms with Crippen LogP contribution in [-0.4, -0.2) is 16.1 Å². The molecule has 0 saturated heterocycles. The fourth-order valence-electron chi connectivity index (χ4n) is 1.51. The third kappa shape index (κ3) is 4.18. The largest absolute Gasteiger partial charge is 0.283 e. The van der Waals surface area contributed by atoms with Crippen LogP contribution >= 0.6 is 23.2 Å². The Bertz CT molecular complexity index is 394. The number of hydrogen-bond acceptors (Lipinski definition) is 1. The predicted octanol–water partition coefficient (Wildman–Crippen LogP) is 4.63. The summed E-state index contributed by atoms with van der Waals surface area (Å²) >= 11 is 12.7. The highest BCUT2D eigenvalue weighted by Crippen LogP contribution is 2.31. The number of rotatable bonds is 5. The van der Waals surface area contributed by atoms with Crippen LogP contribution in [0.1, 0.15) is 25.8 Å². The van der Waals surface area contributed by atoms with E-state index in [1.54, 1.807) is 6.08 Å².